The van der Waals surface area contributed by atoms with E-state index < -0.39 is 5.97 Å². The van der Waals surface area contributed by atoms with E-state index in [9.17, 15) is 23.9 Å². The smallest absolute Gasteiger partial charge is 0.335 e. The number of carboxylic acids is 1. The van der Waals surface area contributed by atoms with E-state index in [2.05, 4.69) is 41.5 Å². The number of nitrogens with one attached hydrogen (secondary N) is 5. The van der Waals surface area contributed by atoms with Crippen LogP contribution in [-0.2, 0) is 16.0 Å². The molecule has 0 saturated carbocycles. The van der Waals surface area contributed by atoms with Crippen molar-refractivity contribution in [1.29, 1.82) is 0 Å². The lowest BCUT2D eigenvalue weighted by molar-refractivity contribution is 0.0531. The second-order valence-corrected chi connectivity index (χ2v) is 11.1. The van der Waals surface area contributed by atoms with Gasteiger partial charge in [-0.15, -0.1) is 0 Å². The molecule has 5 aromatic rings. The van der Waals surface area contributed by atoms with Gasteiger partial charge in [0.15, 0.2) is 0 Å². The third-order valence-electron chi connectivity index (χ3n) is 7.10. The number of nitrogens with zero attached hydrogens (tertiary/aromatic N) is 3. The molecule has 276 valence electrons. The van der Waals surface area contributed by atoms with Crippen LogP contribution >= 0.6 is 0 Å². The molecule has 0 fully saturated rings. The molecule has 53 heavy (non-hydrogen) atoms. The number of aldehydes is 1. The molecule has 0 aliphatic carbocycles. The molecule has 1 aromatic heterocycles. The molecule has 0 atom stereocenters. The highest BCUT2D eigenvalue weighted by Crippen LogP contribution is 2.20. The Morgan fingerprint density at radius 3 is 1.98 bits per heavy atom. The minimum atomic E-state index is -1.06. The van der Waals surface area contributed by atoms with Gasteiger partial charge in [-0.05, 0) is 67.2 Å². The minimum Gasteiger partial charge on any atom is -0.478 e. The maximum absolute atomic E-state index is 13.1. The zero-order valence-electron chi connectivity index (χ0n) is 29.1. The van der Waals surface area contributed by atoms with Crippen molar-refractivity contribution in [3.8, 4) is 0 Å². The number of ether oxygens (including phenoxy) is 2. The van der Waals surface area contributed by atoms with Crippen LogP contribution in [0.15, 0.2) is 103 Å². The molecule has 0 spiro atoms. The zero-order chi connectivity index (χ0) is 37.7. The highest BCUT2D eigenvalue weighted by atomic mass is 19.1. The number of amides is 1. The van der Waals surface area contributed by atoms with Crippen molar-refractivity contribution >= 4 is 47.4 Å². The maximum atomic E-state index is 13.1. The van der Waals surface area contributed by atoms with Crippen molar-refractivity contribution in [3.63, 3.8) is 0 Å². The number of carbonyl (C=O) groups excluding carboxylic acids is 2. The number of anilines is 5. The molecule has 6 N–H and O–H groups in total. The topological polar surface area (TPSA) is 189 Å². The molecular weight excluding hydrogens is 683 g/mol. The minimum absolute atomic E-state index is 0.111. The van der Waals surface area contributed by atoms with Crippen molar-refractivity contribution in [2.75, 3.05) is 62.5 Å². The van der Waals surface area contributed by atoms with Crippen molar-refractivity contribution in [3.05, 3.63) is 131 Å². The molecule has 0 aliphatic heterocycles. The van der Waals surface area contributed by atoms with Crippen LogP contribution in [0.4, 0.5) is 33.6 Å². The highest BCUT2D eigenvalue weighted by Gasteiger charge is 2.11. The van der Waals surface area contributed by atoms with E-state index in [0.29, 0.717) is 49.9 Å². The summed E-state index contributed by atoms with van der Waals surface area (Å²) in [6.07, 6.45) is 0.833. The summed E-state index contributed by atoms with van der Waals surface area (Å²) in [5, 5.41) is 24.4. The maximum Gasteiger partial charge on any atom is 0.335 e. The Morgan fingerprint density at radius 2 is 1.36 bits per heavy atom. The standard InChI is InChI=1S/C31H35FN8O5.C7H6O/c1-33-13-15-44-17-18-45-16-14-34-29-38-30(40-31(39-29)37-26-4-2-3-23(19-26)28(42)43)36-25-11-7-22(8-12-25)27(41)35-20-21-5-9-24(32)10-6-21;8-6-7-4-2-1-3-5-7/h2-12,19,33H,13-18,20H2,1H3,(H,35,41)(H,42,43)(H3,34,36,37,38,39,40);1-6H. The zero-order valence-corrected chi connectivity index (χ0v) is 29.1. The molecular formula is C38H41FN8O6. The second kappa shape index (κ2) is 21.8. The molecule has 0 aliphatic rings. The fourth-order valence-corrected chi connectivity index (χ4v) is 4.41. The molecule has 15 heteroatoms. The summed E-state index contributed by atoms with van der Waals surface area (Å²) in [5.74, 6) is -1.03. The summed E-state index contributed by atoms with van der Waals surface area (Å²) in [7, 11) is 1.86. The Hall–Kier alpha value is -6.29. The fraction of sp³-hybridized carbons (Fsp3) is 0.211. The average molecular weight is 725 g/mol. The number of carboxylic acid groups (broad SMARTS) is 1. The van der Waals surface area contributed by atoms with Crippen molar-refractivity contribution in [2.45, 2.75) is 6.54 Å². The number of likely N-dealkylation sites (N-methyl/N-ethyl adjacent to an activating group) is 1. The van der Waals surface area contributed by atoms with E-state index in [1.165, 1.54) is 24.3 Å². The summed E-state index contributed by atoms with van der Waals surface area (Å²) in [6.45, 7) is 3.37. The third-order valence-corrected chi connectivity index (χ3v) is 7.10. The molecule has 0 saturated heterocycles. The largest absolute Gasteiger partial charge is 0.478 e. The van der Waals surface area contributed by atoms with Gasteiger partial charge in [-0.2, -0.15) is 15.0 Å². The number of hydrogen-bond donors (Lipinski definition) is 6. The number of rotatable bonds is 19. The van der Waals surface area contributed by atoms with Gasteiger partial charge < -0.3 is 41.2 Å². The number of halogens is 1. The van der Waals surface area contributed by atoms with Gasteiger partial charge in [0.1, 0.15) is 12.1 Å². The SMILES string of the molecule is CNCCOCCOCCNc1nc(Nc2ccc(C(=O)NCc3ccc(F)cc3)cc2)nc(Nc2cccc(C(=O)O)c2)n1.O=Cc1ccccc1. The lowest BCUT2D eigenvalue weighted by Crippen LogP contribution is -2.22. The van der Waals surface area contributed by atoms with Crippen molar-refractivity contribution in [1.82, 2.24) is 25.6 Å². The summed E-state index contributed by atoms with van der Waals surface area (Å²) in [5.41, 5.74) is 3.15. The van der Waals surface area contributed by atoms with Crippen LogP contribution in [0.25, 0.3) is 0 Å². The Balaban J connectivity index is 0.000000692. The van der Waals surface area contributed by atoms with Gasteiger partial charge in [-0.1, -0.05) is 48.5 Å². The Labute approximate surface area is 306 Å². The Morgan fingerprint density at radius 1 is 0.717 bits per heavy atom. The van der Waals surface area contributed by atoms with E-state index in [1.807, 2.05) is 25.2 Å². The van der Waals surface area contributed by atoms with Gasteiger partial charge in [0.25, 0.3) is 5.91 Å². The number of carbonyl (C=O) groups is 3. The molecule has 0 bridgehead atoms. The van der Waals surface area contributed by atoms with E-state index >= 15 is 0 Å². The first-order valence-electron chi connectivity index (χ1n) is 16.6. The van der Waals surface area contributed by atoms with E-state index in [1.54, 1.807) is 60.7 Å². The van der Waals surface area contributed by atoms with E-state index in [4.69, 9.17) is 9.47 Å². The number of aromatic carboxylic acids is 1. The lowest BCUT2D eigenvalue weighted by Gasteiger charge is -2.12. The fourth-order valence-electron chi connectivity index (χ4n) is 4.41. The molecule has 5 rings (SSSR count). The van der Waals surface area contributed by atoms with Crippen LogP contribution in [-0.4, -0.2) is 84.8 Å². The molecule has 0 radical (unpaired) electrons. The predicted octanol–water partition coefficient (Wildman–Crippen LogP) is 5.29. The van der Waals surface area contributed by atoms with Gasteiger partial charge in [-0.25, -0.2) is 9.18 Å². The number of hydrogen-bond acceptors (Lipinski definition) is 12. The number of aromatic nitrogens is 3. The van der Waals surface area contributed by atoms with Crippen LogP contribution in [0, 0.1) is 5.82 Å². The quantitative estimate of drug-likeness (QED) is 0.0477. The molecule has 1 amide bonds. The summed E-state index contributed by atoms with van der Waals surface area (Å²) in [4.78, 5) is 47.3. The summed E-state index contributed by atoms with van der Waals surface area (Å²) < 4.78 is 24.1. The van der Waals surface area contributed by atoms with Crippen LogP contribution in [0.1, 0.15) is 36.6 Å². The molecule has 0 unspecified atom stereocenters. The normalized spacial score (nSPS) is 10.4. The Bertz CT molecular complexity index is 1880. The first-order chi connectivity index (χ1) is 25.8. The molecule has 1 heterocycles. The van der Waals surface area contributed by atoms with Gasteiger partial charge >= 0.3 is 5.97 Å². The van der Waals surface area contributed by atoms with Crippen molar-refractivity contribution < 1.29 is 33.4 Å². The first-order valence-corrected chi connectivity index (χ1v) is 16.6. The van der Waals surface area contributed by atoms with E-state index in [0.717, 1.165) is 24.0 Å². The average Bonchev–Trinajstić information content (AvgIpc) is 3.18. The third kappa shape index (κ3) is 14.5. The molecule has 4 aromatic carbocycles. The van der Waals surface area contributed by atoms with Crippen LogP contribution in [0.5, 0.6) is 0 Å². The van der Waals surface area contributed by atoms with Crippen LogP contribution < -0.4 is 26.6 Å². The Kier molecular flexibility index (Phi) is 16.3. The van der Waals surface area contributed by atoms with Gasteiger partial charge in [0.05, 0.1) is 32.0 Å². The van der Waals surface area contributed by atoms with Gasteiger partial charge in [-0.3, -0.25) is 9.59 Å². The highest BCUT2D eigenvalue weighted by molar-refractivity contribution is 5.94. The summed E-state index contributed by atoms with van der Waals surface area (Å²) in [6, 6.07) is 28.0. The van der Waals surface area contributed by atoms with Crippen LogP contribution in [0.2, 0.25) is 0 Å². The van der Waals surface area contributed by atoms with Gasteiger partial charge in [0.2, 0.25) is 17.8 Å². The second-order valence-electron chi connectivity index (χ2n) is 11.1. The number of benzene rings is 4. The lowest BCUT2D eigenvalue weighted by atomic mass is 10.1. The van der Waals surface area contributed by atoms with Crippen molar-refractivity contribution in [2.24, 2.45) is 0 Å². The monoisotopic (exact) mass is 724 g/mol. The van der Waals surface area contributed by atoms with E-state index in [-0.39, 0.29) is 41.7 Å². The molecule has 14 nitrogen and oxygen atoms in total. The first kappa shape index (κ1) is 39.5. The predicted molar refractivity (Wildman–Crippen MR) is 200 cm³/mol. The summed E-state index contributed by atoms with van der Waals surface area (Å²) >= 11 is 0. The van der Waals surface area contributed by atoms with Crippen LogP contribution in [0.3, 0.4) is 0 Å². The van der Waals surface area contributed by atoms with Gasteiger partial charge in [0, 0.05) is 42.1 Å².